The third-order valence-electron chi connectivity index (χ3n) is 6.86. The van der Waals surface area contributed by atoms with Crippen molar-refractivity contribution >= 4 is 34.4 Å². The van der Waals surface area contributed by atoms with Crippen LogP contribution in [0.25, 0.3) is 22.6 Å². The first-order valence-electron chi connectivity index (χ1n) is 13.4. The molecule has 2 aromatic heterocycles. The average molecular weight is 584 g/mol. The fourth-order valence-electron chi connectivity index (χ4n) is 4.73. The predicted octanol–water partition coefficient (Wildman–Crippen LogP) is 4.30. The molecule has 2 aromatic carbocycles. The van der Waals surface area contributed by atoms with E-state index in [1.165, 1.54) is 6.07 Å². The number of benzene rings is 2. The van der Waals surface area contributed by atoms with Crippen LogP contribution in [0.5, 0.6) is 5.75 Å². The van der Waals surface area contributed by atoms with Crippen molar-refractivity contribution in [2.75, 3.05) is 52.2 Å². The molecule has 0 spiro atoms. The number of pyridine rings is 1. The molecule has 3 heterocycles. The summed E-state index contributed by atoms with van der Waals surface area (Å²) in [5.74, 6) is -0.656. The summed E-state index contributed by atoms with van der Waals surface area (Å²) in [6, 6.07) is 11.4. The van der Waals surface area contributed by atoms with E-state index in [4.69, 9.17) is 16.3 Å². The first-order chi connectivity index (χ1) is 19.7. The summed E-state index contributed by atoms with van der Waals surface area (Å²) < 4.78 is 32.5. The number of ether oxygens (including phenoxy) is 1. The first-order valence-corrected chi connectivity index (χ1v) is 13.7. The van der Waals surface area contributed by atoms with Gasteiger partial charge in [0.2, 0.25) is 0 Å². The van der Waals surface area contributed by atoms with Crippen LogP contribution < -0.4 is 15.4 Å². The molecule has 0 aliphatic carbocycles. The number of rotatable bonds is 11. The van der Waals surface area contributed by atoms with E-state index in [-0.39, 0.29) is 18.6 Å². The third-order valence-corrected chi connectivity index (χ3v) is 7.15. The van der Waals surface area contributed by atoms with Crippen LogP contribution in [0.4, 0.5) is 14.5 Å². The Bertz CT molecular complexity index is 1510. The van der Waals surface area contributed by atoms with Crippen LogP contribution in [-0.4, -0.2) is 83.6 Å². The van der Waals surface area contributed by atoms with E-state index in [2.05, 4.69) is 30.5 Å². The van der Waals surface area contributed by atoms with Crippen molar-refractivity contribution in [1.29, 1.82) is 0 Å². The second kappa shape index (κ2) is 12.8. The Balaban J connectivity index is 1.21. The van der Waals surface area contributed by atoms with E-state index in [1.54, 1.807) is 24.4 Å². The van der Waals surface area contributed by atoms with Gasteiger partial charge in [0, 0.05) is 44.3 Å². The molecule has 4 aromatic rings. The number of fused-ring (bicyclic) bond motifs is 1. The molecule has 1 aliphatic heterocycles. The Morgan fingerprint density at radius 2 is 2.00 bits per heavy atom. The van der Waals surface area contributed by atoms with Gasteiger partial charge in [-0.25, -0.2) is 18.7 Å². The number of amides is 1. The fourth-order valence-corrected chi connectivity index (χ4v) is 4.93. The number of nitrogens with zero attached hydrogens (tertiary/aromatic N) is 4. The smallest absolute Gasteiger partial charge is 0.257 e. The van der Waals surface area contributed by atoms with E-state index in [0.29, 0.717) is 40.8 Å². The van der Waals surface area contributed by atoms with Gasteiger partial charge in [-0.1, -0.05) is 17.7 Å². The van der Waals surface area contributed by atoms with Crippen LogP contribution in [0.3, 0.4) is 0 Å². The van der Waals surface area contributed by atoms with E-state index in [0.717, 1.165) is 48.9 Å². The molecule has 12 heteroatoms. The van der Waals surface area contributed by atoms with Gasteiger partial charge in [-0.05, 0) is 62.5 Å². The zero-order chi connectivity index (χ0) is 28.9. The summed E-state index contributed by atoms with van der Waals surface area (Å²) in [6.45, 7) is 3.32. The summed E-state index contributed by atoms with van der Waals surface area (Å²) in [5, 5.41) is 6.82. The lowest BCUT2D eigenvalue weighted by molar-refractivity contribution is -0.123. The van der Waals surface area contributed by atoms with Crippen LogP contribution >= 0.6 is 11.6 Å². The topological polar surface area (TPSA) is 98.4 Å². The normalized spacial score (nSPS) is 15.5. The van der Waals surface area contributed by atoms with Gasteiger partial charge in [-0.2, -0.15) is 0 Å². The number of likely N-dealkylation sites (N-methyl/N-ethyl adjacent to an activating group) is 1. The summed E-state index contributed by atoms with van der Waals surface area (Å²) >= 11 is 6.55. The summed E-state index contributed by atoms with van der Waals surface area (Å²) in [5.41, 5.74) is 3.49. The van der Waals surface area contributed by atoms with E-state index >= 15 is 0 Å². The molecule has 9 nitrogen and oxygen atoms in total. The van der Waals surface area contributed by atoms with Gasteiger partial charge >= 0.3 is 0 Å². The molecule has 1 aliphatic rings. The Kier molecular flexibility index (Phi) is 8.96. The highest BCUT2D eigenvalue weighted by Crippen LogP contribution is 2.32. The number of H-pyrrole nitrogens is 1. The molecule has 3 N–H and O–H groups in total. The zero-order valence-corrected chi connectivity index (χ0v) is 23.6. The number of carbonyl (C=O) groups excluding carboxylic acids is 1. The molecule has 216 valence electrons. The number of nitrogens with one attached hydrogen (secondary N) is 3. The number of imidazole rings is 1. The maximum absolute atomic E-state index is 13.6. The van der Waals surface area contributed by atoms with Crippen LogP contribution in [0.2, 0.25) is 5.02 Å². The van der Waals surface area contributed by atoms with Crippen LogP contribution in [0.1, 0.15) is 12.0 Å². The molecule has 0 radical (unpaired) electrons. The van der Waals surface area contributed by atoms with Gasteiger partial charge in [0.1, 0.15) is 17.1 Å². The van der Waals surface area contributed by atoms with Crippen molar-refractivity contribution < 1.29 is 18.3 Å². The van der Waals surface area contributed by atoms with Gasteiger partial charge < -0.3 is 25.3 Å². The number of anilines is 1. The van der Waals surface area contributed by atoms with Crippen LogP contribution in [-0.2, 0) is 11.3 Å². The summed E-state index contributed by atoms with van der Waals surface area (Å²) in [7, 11) is 3.89. The minimum absolute atomic E-state index is 0.0613. The molecule has 0 bridgehead atoms. The average Bonchev–Trinajstić information content (AvgIpc) is 3.58. The van der Waals surface area contributed by atoms with Crippen molar-refractivity contribution in [2.24, 2.45) is 0 Å². The maximum Gasteiger partial charge on any atom is 0.257 e. The molecule has 1 fully saturated rings. The monoisotopic (exact) mass is 583 g/mol. The van der Waals surface area contributed by atoms with Crippen molar-refractivity contribution in [3.05, 3.63) is 70.9 Å². The highest BCUT2D eigenvalue weighted by atomic mass is 35.5. The Morgan fingerprint density at radius 3 is 2.76 bits per heavy atom. The van der Waals surface area contributed by atoms with Crippen LogP contribution in [0, 0.1) is 11.6 Å². The first kappa shape index (κ1) is 28.7. The SMILES string of the molecule is CN(C)CCNC(=O)COc1ccc(-c2nc3ncc(Cl)c(NC4CCN(Cc5ccc(F)c(F)c5)C4)c3[nH]2)cc1. The second-order valence-electron chi connectivity index (χ2n) is 10.3. The minimum Gasteiger partial charge on any atom is -0.484 e. The van der Waals surface area contributed by atoms with Gasteiger partial charge in [-0.15, -0.1) is 0 Å². The van der Waals surface area contributed by atoms with E-state index < -0.39 is 11.6 Å². The van der Waals surface area contributed by atoms with Crippen molar-refractivity contribution in [1.82, 2.24) is 30.1 Å². The molecule has 1 unspecified atom stereocenters. The zero-order valence-electron chi connectivity index (χ0n) is 22.9. The van der Waals surface area contributed by atoms with Crippen LogP contribution in [0.15, 0.2) is 48.7 Å². The number of hydrogen-bond acceptors (Lipinski definition) is 7. The second-order valence-corrected chi connectivity index (χ2v) is 10.8. The third kappa shape index (κ3) is 7.29. The predicted molar refractivity (Wildman–Crippen MR) is 155 cm³/mol. The Labute approximate surface area is 241 Å². The van der Waals surface area contributed by atoms with Crippen molar-refractivity contribution in [2.45, 2.75) is 19.0 Å². The largest absolute Gasteiger partial charge is 0.484 e. The molecule has 5 rings (SSSR count). The van der Waals surface area contributed by atoms with Gasteiger partial charge in [0.15, 0.2) is 23.9 Å². The lowest BCUT2D eigenvalue weighted by Crippen LogP contribution is -2.34. The van der Waals surface area contributed by atoms with E-state index in [1.807, 2.05) is 31.1 Å². The number of carbonyl (C=O) groups is 1. The number of aromatic nitrogens is 3. The van der Waals surface area contributed by atoms with Gasteiger partial charge in [0.05, 0.1) is 16.9 Å². The van der Waals surface area contributed by atoms with Gasteiger partial charge in [0.25, 0.3) is 5.91 Å². The van der Waals surface area contributed by atoms with Crippen molar-refractivity contribution in [3.63, 3.8) is 0 Å². The molecule has 41 heavy (non-hydrogen) atoms. The van der Waals surface area contributed by atoms with Gasteiger partial charge in [-0.3, -0.25) is 9.69 Å². The Hall–Kier alpha value is -3.80. The maximum atomic E-state index is 13.6. The Morgan fingerprint density at radius 1 is 1.20 bits per heavy atom. The molecular weight excluding hydrogens is 552 g/mol. The fraction of sp³-hybridized carbons (Fsp3) is 0.345. The number of halogens is 3. The lowest BCUT2D eigenvalue weighted by Gasteiger charge is -2.18. The molecule has 0 saturated carbocycles. The standard InChI is InChI=1S/C29H32ClF2N7O2/c1-38(2)12-10-33-25(40)17-41-21-6-4-19(5-7-21)28-36-27-26(22(30)14-34-29(27)37-28)35-20-9-11-39(16-20)15-18-3-8-23(31)24(32)13-18/h3-8,13-14,20H,9-12,15-17H2,1-2H3,(H,33,40)(H2,34,35,36,37). The van der Waals surface area contributed by atoms with E-state index in [9.17, 15) is 13.6 Å². The number of likely N-dealkylation sites (tertiary alicyclic amines) is 1. The number of aromatic amines is 1. The summed E-state index contributed by atoms with van der Waals surface area (Å²) in [4.78, 5) is 28.5. The molecule has 1 atom stereocenters. The highest BCUT2D eigenvalue weighted by molar-refractivity contribution is 6.34. The van der Waals surface area contributed by atoms with Crippen molar-refractivity contribution in [3.8, 4) is 17.1 Å². The molecule has 1 saturated heterocycles. The highest BCUT2D eigenvalue weighted by Gasteiger charge is 2.25. The number of hydrogen-bond donors (Lipinski definition) is 3. The molecular formula is C29H32ClF2N7O2. The summed E-state index contributed by atoms with van der Waals surface area (Å²) in [6.07, 6.45) is 2.44. The molecule has 1 amide bonds. The minimum atomic E-state index is -0.843. The quantitative estimate of drug-likeness (QED) is 0.242. The lowest BCUT2D eigenvalue weighted by atomic mass is 10.2.